The first-order chi connectivity index (χ1) is 16.3. The predicted molar refractivity (Wildman–Crippen MR) is 135 cm³/mol. The summed E-state index contributed by atoms with van der Waals surface area (Å²) in [5.41, 5.74) is 1.50. The number of likely N-dealkylation sites (N-methyl/N-ethyl adjacent to an activating group) is 1. The number of aryl methyl sites for hydroxylation is 2. The zero-order valence-electron chi connectivity index (χ0n) is 20.8. The van der Waals surface area contributed by atoms with Gasteiger partial charge in [-0.15, -0.1) is 11.3 Å². The zero-order valence-corrected chi connectivity index (χ0v) is 21.6. The molecule has 184 valence electrons. The van der Waals surface area contributed by atoms with Crippen LogP contribution in [0.3, 0.4) is 0 Å². The van der Waals surface area contributed by atoms with Crippen LogP contribution in [0.2, 0.25) is 0 Å². The van der Waals surface area contributed by atoms with E-state index >= 15 is 0 Å². The van der Waals surface area contributed by atoms with Crippen LogP contribution in [-0.2, 0) is 4.79 Å². The van der Waals surface area contributed by atoms with Crippen LogP contribution >= 0.6 is 11.3 Å². The number of benzene rings is 1. The number of ether oxygens (including phenoxy) is 1. The number of carbonyl (C=O) groups excluding carboxylic acids is 2. The van der Waals surface area contributed by atoms with Gasteiger partial charge in [-0.3, -0.25) is 9.59 Å². The zero-order chi connectivity index (χ0) is 24.8. The number of aliphatic hydroxyl groups excluding tert-OH is 1. The molecule has 0 saturated heterocycles. The maximum Gasteiger partial charge on any atom is 0.290 e. The Balaban J connectivity index is 1.97. The molecule has 0 bridgehead atoms. The summed E-state index contributed by atoms with van der Waals surface area (Å²) in [6, 6.07) is 6.80. The molecule has 1 aliphatic rings. The maximum absolute atomic E-state index is 13.6. The third-order valence-electron chi connectivity index (χ3n) is 6.17. The van der Waals surface area contributed by atoms with Crippen LogP contribution in [0.15, 0.2) is 35.6 Å². The molecule has 1 N–H and O–H groups in total. The molecule has 0 radical (unpaired) electrons. The summed E-state index contributed by atoms with van der Waals surface area (Å²) in [6.45, 7) is 13.3. The highest BCUT2D eigenvalue weighted by Gasteiger charge is 2.44. The van der Waals surface area contributed by atoms with Crippen molar-refractivity contribution in [3.8, 4) is 5.75 Å². The molecular formula is C26H35N3O4S. The number of rotatable bonds is 12. The molecular weight excluding hydrogens is 450 g/mol. The summed E-state index contributed by atoms with van der Waals surface area (Å²) < 4.78 is 5.78. The van der Waals surface area contributed by atoms with Crippen molar-refractivity contribution in [2.75, 3.05) is 32.8 Å². The molecule has 7 nitrogen and oxygen atoms in total. The second-order valence-electron chi connectivity index (χ2n) is 8.44. The van der Waals surface area contributed by atoms with Gasteiger partial charge in [0.25, 0.3) is 5.91 Å². The van der Waals surface area contributed by atoms with E-state index in [1.54, 1.807) is 11.8 Å². The Labute approximate surface area is 206 Å². The fourth-order valence-electron chi connectivity index (χ4n) is 4.20. The standard InChI is InChI=1S/C26H35N3O4S/c1-6-9-16-33-20-12-10-19(11-13-20)22-21(23(30)25-17(4)27-18(5)34-25)24(31)26(32)29(22)15-14-28(7-2)8-3/h10-13,22,31H,6-9,14-16H2,1-5H3. The minimum absolute atomic E-state index is 0.121. The molecule has 1 aliphatic heterocycles. The van der Waals surface area contributed by atoms with Gasteiger partial charge in [0.2, 0.25) is 5.78 Å². The molecule has 1 aromatic carbocycles. The highest BCUT2D eigenvalue weighted by atomic mass is 32.1. The van der Waals surface area contributed by atoms with Gasteiger partial charge in [0, 0.05) is 13.1 Å². The maximum atomic E-state index is 13.6. The number of unbranched alkanes of at least 4 members (excludes halogenated alkanes) is 1. The summed E-state index contributed by atoms with van der Waals surface area (Å²) in [5, 5.41) is 11.7. The fourth-order valence-corrected chi connectivity index (χ4v) is 5.07. The molecule has 1 unspecified atom stereocenters. The highest BCUT2D eigenvalue weighted by molar-refractivity contribution is 7.14. The smallest absolute Gasteiger partial charge is 0.290 e. The van der Waals surface area contributed by atoms with Crippen molar-refractivity contribution in [3.63, 3.8) is 0 Å². The number of amides is 1. The number of ketones is 1. The van der Waals surface area contributed by atoms with Crippen LogP contribution in [0.5, 0.6) is 5.75 Å². The lowest BCUT2D eigenvalue weighted by Crippen LogP contribution is -2.38. The Morgan fingerprint density at radius 2 is 1.85 bits per heavy atom. The van der Waals surface area contributed by atoms with Crippen LogP contribution in [0.25, 0.3) is 0 Å². The van der Waals surface area contributed by atoms with E-state index in [-0.39, 0.29) is 11.4 Å². The summed E-state index contributed by atoms with van der Waals surface area (Å²) >= 11 is 1.29. The van der Waals surface area contributed by atoms with Gasteiger partial charge in [-0.1, -0.05) is 39.3 Å². The lowest BCUT2D eigenvalue weighted by Gasteiger charge is -2.29. The minimum Gasteiger partial charge on any atom is -0.503 e. The first-order valence-electron chi connectivity index (χ1n) is 12.0. The average molecular weight is 486 g/mol. The number of nitrogens with zero attached hydrogens (tertiary/aromatic N) is 3. The van der Waals surface area contributed by atoms with E-state index in [2.05, 4.69) is 30.7 Å². The number of carbonyl (C=O) groups is 2. The molecule has 3 rings (SSSR count). The summed E-state index contributed by atoms with van der Waals surface area (Å²) in [4.78, 5) is 35.4. The first-order valence-corrected chi connectivity index (χ1v) is 12.8. The van der Waals surface area contributed by atoms with Gasteiger partial charge >= 0.3 is 0 Å². The predicted octanol–water partition coefficient (Wildman–Crippen LogP) is 4.86. The number of hydrogen-bond acceptors (Lipinski definition) is 7. The van der Waals surface area contributed by atoms with Gasteiger partial charge in [0.15, 0.2) is 5.76 Å². The normalized spacial score (nSPS) is 16.1. The van der Waals surface area contributed by atoms with Crippen molar-refractivity contribution >= 4 is 23.0 Å². The van der Waals surface area contributed by atoms with E-state index in [0.29, 0.717) is 30.3 Å². The second-order valence-corrected chi connectivity index (χ2v) is 9.64. The fraction of sp³-hybridized carbons (Fsp3) is 0.500. The van der Waals surface area contributed by atoms with Crippen molar-refractivity contribution in [1.29, 1.82) is 0 Å². The van der Waals surface area contributed by atoms with Crippen LogP contribution in [0.4, 0.5) is 0 Å². The van der Waals surface area contributed by atoms with Crippen molar-refractivity contribution in [2.45, 2.75) is 53.5 Å². The molecule has 1 atom stereocenters. The molecule has 1 aromatic heterocycles. The lowest BCUT2D eigenvalue weighted by atomic mass is 9.95. The molecule has 0 fully saturated rings. The molecule has 2 aromatic rings. The third-order valence-corrected chi connectivity index (χ3v) is 7.24. The largest absolute Gasteiger partial charge is 0.503 e. The highest BCUT2D eigenvalue weighted by Crippen LogP contribution is 2.40. The van der Waals surface area contributed by atoms with Crippen LogP contribution in [0, 0.1) is 13.8 Å². The van der Waals surface area contributed by atoms with Gasteiger partial charge in [-0.2, -0.15) is 0 Å². The quantitative estimate of drug-likeness (QED) is 0.342. The van der Waals surface area contributed by atoms with Gasteiger partial charge < -0.3 is 19.6 Å². The molecule has 1 amide bonds. The Bertz CT molecular complexity index is 1040. The molecule has 0 spiro atoms. The number of aliphatic hydroxyl groups is 1. The van der Waals surface area contributed by atoms with Gasteiger partial charge in [0.05, 0.1) is 33.8 Å². The first kappa shape index (κ1) is 25.9. The topological polar surface area (TPSA) is 83.0 Å². The number of Topliss-reactive ketones (excluding diaryl/α,β-unsaturated/α-hetero) is 1. The SMILES string of the molecule is CCCCOc1ccc(C2C(C(=O)c3sc(C)nc3C)=C(O)C(=O)N2CCN(CC)CC)cc1. The van der Waals surface area contributed by atoms with Crippen LogP contribution in [-0.4, -0.2) is 64.4 Å². The van der Waals surface area contributed by atoms with Gasteiger partial charge in [0.1, 0.15) is 5.75 Å². The van der Waals surface area contributed by atoms with E-state index in [9.17, 15) is 14.7 Å². The monoisotopic (exact) mass is 485 g/mol. The molecule has 34 heavy (non-hydrogen) atoms. The second kappa shape index (κ2) is 11.6. The van der Waals surface area contributed by atoms with E-state index in [0.717, 1.165) is 42.3 Å². The van der Waals surface area contributed by atoms with E-state index < -0.39 is 17.7 Å². The Morgan fingerprint density at radius 3 is 2.41 bits per heavy atom. The van der Waals surface area contributed by atoms with E-state index in [1.807, 2.05) is 31.2 Å². The van der Waals surface area contributed by atoms with Crippen molar-refractivity contribution < 1.29 is 19.4 Å². The van der Waals surface area contributed by atoms with Crippen molar-refractivity contribution in [2.24, 2.45) is 0 Å². The van der Waals surface area contributed by atoms with Gasteiger partial charge in [-0.05, 0) is 51.1 Å². The van der Waals surface area contributed by atoms with E-state index in [4.69, 9.17) is 4.74 Å². The minimum atomic E-state index is -0.665. The lowest BCUT2D eigenvalue weighted by molar-refractivity contribution is -0.129. The molecule has 2 heterocycles. The molecule has 8 heteroatoms. The van der Waals surface area contributed by atoms with Crippen LogP contribution in [0.1, 0.15) is 65.6 Å². The third kappa shape index (κ3) is 5.50. The van der Waals surface area contributed by atoms with Crippen LogP contribution < -0.4 is 4.74 Å². The Morgan fingerprint density at radius 1 is 1.18 bits per heavy atom. The molecule has 0 aliphatic carbocycles. The summed E-state index contributed by atoms with van der Waals surface area (Å²) in [5.74, 6) is -0.579. The van der Waals surface area contributed by atoms with E-state index in [1.165, 1.54) is 11.3 Å². The summed E-state index contributed by atoms with van der Waals surface area (Å²) in [7, 11) is 0. The molecule has 0 saturated carbocycles. The van der Waals surface area contributed by atoms with Crippen molar-refractivity contribution in [3.05, 3.63) is 56.7 Å². The number of thiazole rings is 1. The Hall–Kier alpha value is -2.71. The van der Waals surface area contributed by atoms with Gasteiger partial charge in [-0.25, -0.2) is 4.98 Å². The summed E-state index contributed by atoms with van der Waals surface area (Å²) in [6.07, 6.45) is 2.02. The average Bonchev–Trinajstić information content (AvgIpc) is 3.30. The number of hydrogen-bond donors (Lipinski definition) is 1. The number of aromatic nitrogens is 1. The Kier molecular flexibility index (Phi) is 8.85. The van der Waals surface area contributed by atoms with Crippen molar-refractivity contribution in [1.82, 2.24) is 14.8 Å².